The number of hydrogen-bond donors (Lipinski definition) is 0. The van der Waals surface area contributed by atoms with Gasteiger partial charge in [0.1, 0.15) is 0 Å². The molecular formula is C56H43N. The van der Waals surface area contributed by atoms with Crippen molar-refractivity contribution in [1.82, 2.24) is 4.98 Å². The van der Waals surface area contributed by atoms with Crippen LogP contribution >= 0.6 is 0 Å². The van der Waals surface area contributed by atoms with Crippen LogP contribution in [0.3, 0.4) is 0 Å². The van der Waals surface area contributed by atoms with Gasteiger partial charge in [-0.25, -0.2) is 4.98 Å². The van der Waals surface area contributed by atoms with E-state index in [0.717, 1.165) is 23.2 Å². The number of pyridine rings is 1. The minimum atomic E-state index is -0.0930. The zero-order valence-corrected chi connectivity index (χ0v) is 32.9. The van der Waals surface area contributed by atoms with Crippen LogP contribution in [0.15, 0.2) is 176 Å². The Balaban J connectivity index is 1.12. The number of aromatic nitrogens is 1. The molecule has 0 spiro atoms. The van der Waals surface area contributed by atoms with Gasteiger partial charge in [-0.05, 0) is 120 Å². The highest BCUT2D eigenvalue weighted by Crippen LogP contribution is 2.51. The molecule has 1 heteroatoms. The molecule has 1 heterocycles. The van der Waals surface area contributed by atoms with Gasteiger partial charge in [-0.15, -0.1) is 0 Å². The third kappa shape index (κ3) is 5.12. The lowest BCUT2D eigenvalue weighted by molar-refractivity contribution is 0.660. The van der Waals surface area contributed by atoms with E-state index in [1.807, 2.05) is 0 Å². The molecule has 0 unspecified atom stereocenters. The lowest BCUT2D eigenvalue weighted by atomic mass is 9.81. The first-order valence-electron chi connectivity index (χ1n) is 20.3. The van der Waals surface area contributed by atoms with E-state index in [2.05, 4.69) is 204 Å². The Kier molecular flexibility index (Phi) is 7.38. The number of rotatable bonds is 4. The van der Waals surface area contributed by atoms with Gasteiger partial charge in [0, 0.05) is 21.8 Å². The first-order valence-corrected chi connectivity index (χ1v) is 20.3. The molecule has 7 aromatic carbocycles. The highest BCUT2D eigenvalue weighted by Gasteiger charge is 2.37. The van der Waals surface area contributed by atoms with E-state index >= 15 is 0 Å². The zero-order chi connectivity index (χ0) is 38.5. The summed E-state index contributed by atoms with van der Waals surface area (Å²) < 4.78 is 0. The summed E-state index contributed by atoms with van der Waals surface area (Å²) in [5.74, 6) is 0. The monoisotopic (exact) mass is 729 g/mol. The van der Waals surface area contributed by atoms with Gasteiger partial charge in [0.25, 0.3) is 0 Å². The molecule has 1 aromatic heterocycles. The molecule has 0 saturated heterocycles. The van der Waals surface area contributed by atoms with Crippen molar-refractivity contribution < 1.29 is 0 Å². The molecule has 8 aromatic rings. The van der Waals surface area contributed by atoms with E-state index in [9.17, 15) is 0 Å². The fraction of sp³-hybridized carbons (Fsp3) is 0.125. The Morgan fingerprint density at radius 1 is 0.421 bits per heavy atom. The lowest BCUT2D eigenvalue weighted by Gasteiger charge is -2.22. The maximum Gasteiger partial charge on any atom is 0.0757 e. The van der Waals surface area contributed by atoms with Gasteiger partial charge in [-0.1, -0.05) is 179 Å². The normalized spacial score (nSPS) is 15.4. The fourth-order valence-electron chi connectivity index (χ4n) is 10.1. The van der Waals surface area contributed by atoms with Crippen LogP contribution in [0.1, 0.15) is 72.2 Å². The predicted molar refractivity (Wildman–Crippen MR) is 239 cm³/mol. The lowest BCUT2D eigenvalue weighted by Crippen LogP contribution is -2.15. The number of hydrogen-bond acceptors (Lipinski definition) is 1. The Morgan fingerprint density at radius 2 is 0.947 bits per heavy atom. The molecule has 0 bridgehead atoms. The Labute approximate surface area is 335 Å². The average molecular weight is 730 g/mol. The van der Waals surface area contributed by atoms with Crippen LogP contribution in [-0.2, 0) is 17.3 Å². The highest BCUT2D eigenvalue weighted by atomic mass is 14.7. The second-order valence-electron chi connectivity index (χ2n) is 17.1. The van der Waals surface area contributed by atoms with E-state index in [1.54, 1.807) is 0 Å². The third-order valence-electron chi connectivity index (χ3n) is 13.2. The van der Waals surface area contributed by atoms with Crippen LogP contribution in [0, 0.1) is 0 Å². The maximum atomic E-state index is 5.67. The molecular weight excluding hydrogens is 687 g/mol. The second-order valence-corrected chi connectivity index (χ2v) is 17.1. The van der Waals surface area contributed by atoms with Crippen molar-refractivity contribution in [2.75, 3.05) is 0 Å². The second kappa shape index (κ2) is 12.5. The van der Waals surface area contributed by atoms with Crippen molar-refractivity contribution in [2.45, 2.75) is 44.9 Å². The SMILES string of the molecule is CC1(C)c2ccccc2-c2ccc(C3=CCc4c(ccc5c(-c6ccccc6)cc(-c6ccc7c(c6)C(C)(C)c6ccccc6-7)nc45)C(c4ccccc4)=C3)cc21. The van der Waals surface area contributed by atoms with Crippen molar-refractivity contribution in [1.29, 1.82) is 0 Å². The van der Waals surface area contributed by atoms with E-state index in [-0.39, 0.29) is 10.8 Å². The molecule has 1 nitrogen and oxygen atoms in total. The van der Waals surface area contributed by atoms with Crippen LogP contribution in [0.5, 0.6) is 0 Å². The summed E-state index contributed by atoms with van der Waals surface area (Å²) in [6, 6.07) is 60.6. The molecule has 3 aliphatic carbocycles. The molecule has 0 fully saturated rings. The van der Waals surface area contributed by atoms with E-state index < -0.39 is 0 Å². The average Bonchev–Trinajstić information content (AvgIpc) is 3.50. The largest absolute Gasteiger partial charge is 0.247 e. The van der Waals surface area contributed by atoms with Gasteiger partial charge in [0.05, 0.1) is 11.2 Å². The summed E-state index contributed by atoms with van der Waals surface area (Å²) in [5, 5.41) is 1.18. The molecule has 0 amide bonds. The standard InChI is InChI=1S/C56H43N/c1-55(2)49-21-13-11-19-41(49)43-26-23-38(32-51(43)55)37-24-28-45-40(47(31-37)35-15-7-5-8-16-35)29-30-46-48(36-17-9-6-10-18-36)34-53(57-54(45)46)39-25-27-44-42-20-12-14-22-50(42)56(3,4)52(44)33-39/h5-27,29-34H,28H2,1-4H3. The predicted octanol–water partition coefficient (Wildman–Crippen LogP) is 14.3. The summed E-state index contributed by atoms with van der Waals surface area (Å²) in [6.07, 6.45) is 5.63. The first-order chi connectivity index (χ1) is 27.8. The number of nitrogens with zero attached hydrogens (tertiary/aromatic N) is 1. The minimum Gasteiger partial charge on any atom is -0.247 e. The summed E-state index contributed by atoms with van der Waals surface area (Å²) in [6.45, 7) is 9.44. The van der Waals surface area contributed by atoms with Gasteiger partial charge in [0.2, 0.25) is 0 Å². The Hall–Kier alpha value is -6.57. The molecule has 0 saturated carbocycles. The van der Waals surface area contributed by atoms with Crippen LogP contribution in [0.2, 0.25) is 0 Å². The smallest absolute Gasteiger partial charge is 0.0757 e. The summed E-state index contributed by atoms with van der Waals surface area (Å²) >= 11 is 0. The summed E-state index contributed by atoms with van der Waals surface area (Å²) in [4.78, 5) is 5.67. The van der Waals surface area contributed by atoms with Crippen molar-refractivity contribution >= 4 is 22.0 Å². The fourth-order valence-corrected chi connectivity index (χ4v) is 10.1. The molecule has 0 radical (unpaired) electrons. The number of fused-ring (bicyclic) bond motifs is 9. The van der Waals surface area contributed by atoms with Crippen molar-refractivity contribution in [3.8, 4) is 44.6 Å². The number of benzene rings is 7. The first kappa shape index (κ1) is 33.7. The summed E-state index contributed by atoms with van der Waals surface area (Å²) in [5.41, 5.74) is 23.8. The number of allylic oxidation sites excluding steroid dienone is 3. The third-order valence-corrected chi connectivity index (χ3v) is 13.2. The summed E-state index contributed by atoms with van der Waals surface area (Å²) in [7, 11) is 0. The molecule has 0 aliphatic heterocycles. The van der Waals surface area contributed by atoms with Gasteiger partial charge in [-0.3, -0.25) is 0 Å². The maximum absolute atomic E-state index is 5.67. The van der Waals surface area contributed by atoms with E-state index in [4.69, 9.17) is 4.98 Å². The van der Waals surface area contributed by atoms with E-state index in [0.29, 0.717) is 0 Å². The molecule has 0 N–H and O–H groups in total. The van der Waals surface area contributed by atoms with Crippen molar-refractivity contribution in [3.05, 3.63) is 220 Å². The molecule has 0 atom stereocenters. The topological polar surface area (TPSA) is 12.9 Å². The molecule has 11 rings (SSSR count). The molecule has 57 heavy (non-hydrogen) atoms. The zero-order valence-electron chi connectivity index (χ0n) is 32.9. The quantitative estimate of drug-likeness (QED) is 0.176. The van der Waals surface area contributed by atoms with Crippen LogP contribution in [0.25, 0.3) is 66.7 Å². The highest BCUT2D eigenvalue weighted by molar-refractivity contribution is 6.03. The van der Waals surface area contributed by atoms with Crippen LogP contribution in [0.4, 0.5) is 0 Å². The Bertz CT molecular complexity index is 3010. The van der Waals surface area contributed by atoms with Gasteiger partial charge >= 0.3 is 0 Å². The molecule has 272 valence electrons. The van der Waals surface area contributed by atoms with Gasteiger partial charge in [0.15, 0.2) is 0 Å². The van der Waals surface area contributed by atoms with Crippen LogP contribution in [-0.4, -0.2) is 4.98 Å². The molecule has 3 aliphatic rings. The van der Waals surface area contributed by atoms with Crippen LogP contribution < -0.4 is 0 Å². The van der Waals surface area contributed by atoms with Gasteiger partial charge < -0.3 is 0 Å². The van der Waals surface area contributed by atoms with E-state index in [1.165, 1.54) is 94.4 Å². The van der Waals surface area contributed by atoms with Gasteiger partial charge in [-0.2, -0.15) is 0 Å². The van der Waals surface area contributed by atoms with Crippen molar-refractivity contribution in [3.63, 3.8) is 0 Å². The minimum absolute atomic E-state index is 0.0674. The Morgan fingerprint density at radius 3 is 1.60 bits per heavy atom. The van der Waals surface area contributed by atoms with Crippen molar-refractivity contribution in [2.24, 2.45) is 0 Å².